The lowest BCUT2D eigenvalue weighted by atomic mass is 10.1. The molecule has 0 unspecified atom stereocenters. The van der Waals surface area contributed by atoms with Gasteiger partial charge in [-0.3, -0.25) is 5.32 Å². The molecule has 0 fully saturated rings. The average molecular weight is 237 g/mol. The van der Waals surface area contributed by atoms with Crippen LogP contribution in [0.4, 0.5) is 10.5 Å². The van der Waals surface area contributed by atoms with Crippen molar-refractivity contribution in [3.63, 3.8) is 0 Å². The first kappa shape index (κ1) is 13.0. The second-order valence-corrected chi connectivity index (χ2v) is 3.88. The molecule has 0 spiro atoms. The number of carbonyl (C=O) groups excluding carboxylic acids is 1. The van der Waals surface area contributed by atoms with Gasteiger partial charge in [0.25, 0.3) is 0 Å². The molecule has 1 amide bonds. The van der Waals surface area contributed by atoms with Crippen molar-refractivity contribution < 1.29 is 19.4 Å². The molecule has 1 rings (SSSR count). The Bertz CT molecular complexity index is 440. The lowest BCUT2D eigenvalue weighted by Crippen LogP contribution is -2.20. The minimum atomic E-state index is -1.09. The van der Waals surface area contributed by atoms with Crippen LogP contribution in [-0.2, 0) is 4.74 Å². The van der Waals surface area contributed by atoms with Crippen molar-refractivity contribution >= 4 is 17.7 Å². The Morgan fingerprint density at radius 2 is 2.00 bits per heavy atom. The number of ether oxygens (including phenoxy) is 1. The molecule has 0 aliphatic carbocycles. The van der Waals surface area contributed by atoms with Gasteiger partial charge in [0.05, 0.1) is 17.4 Å². The third-order valence-electron chi connectivity index (χ3n) is 2.07. The summed E-state index contributed by atoms with van der Waals surface area (Å²) in [5.74, 6) is -1.09. The van der Waals surface area contributed by atoms with Crippen LogP contribution in [0.1, 0.15) is 29.8 Å². The lowest BCUT2D eigenvalue weighted by molar-refractivity contribution is 0.0698. The van der Waals surface area contributed by atoms with Crippen LogP contribution in [0.2, 0.25) is 0 Å². The summed E-state index contributed by atoms with van der Waals surface area (Å²) >= 11 is 0. The van der Waals surface area contributed by atoms with Gasteiger partial charge in [0, 0.05) is 0 Å². The summed E-state index contributed by atoms with van der Waals surface area (Å²) < 4.78 is 4.90. The summed E-state index contributed by atoms with van der Waals surface area (Å²) in [6.45, 7) is 5.16. The van der Waals surface area contributed by atoms with Gasteiger partial charge in [0.1, 0.15) is 0 Å². The molecule has 0 aliphatic rings. The monoisotopic (exact) mass is 237 g/mol. The van der Waals surface area contributed by atoms with E-state index in [-0.39, 0.29) is 17.4 Å². The van der Waals surface area contributed by atoms with Crippen LogP contribution in [0.25, 0.3) is 0 Å². The van der Waals surface area contributed by atoms with Gasteiger partial charge in [-0.05, 0) is 32.4 Å². The van der Waals surface area contributed by atoms with E-state index in [0.29, 0.717) is 5.56 Å². The van der Waals surface area contributed by atoms with Gasteiger partial charge in [-0.25, -0.2) is 9.59 Å². The molecule has 17 heavy (non-hydrogen) atoms. The predicted octanol–water partition coefficient (Wildman–Crippen LogP) is 2.65. The first-order valence-electron chi connectivity index (χ1n) is 5.22. The van der Waals surface area contributed by atoms with E-state index in [1.807, 2.05) is 0 Å². The Hall–Kier alpha value is -2.04. The second-order valence-electron chi connectivity index (χ2n) is 3.88. The quantitative estimate of drug-likeness (QED) is 0.847. The van der Waals surface area contributed by atoms with Crippen molar-refractivity contribution in [3.05, 3.63) is 29.3 Å². The Morgan fingerprint density at radius 1 is 1.35 bits per heavy atom. The number of carbonyl (C=O) groups is 2. The van der Waals surface area contributed by atoms with E-state index < -0.39 is 12.1 Å². The van der Waals surface area contributed by atoms with Crippen molar-refractivity contribution in [2.24, 2.45) is 0 Å². The molecule has 0 atom stereocenters. The number of rotatable bonds is 3. The maximum Gasteiger partial charge on any atom is 0.411 e. The summed E-state index contributed by atoms with van der Waals surface area (Å²) in [6, 6.07) is 4.77. The van der Waals surface area contributed by atoms with Crippen molar-refractivity contribution in [2.75, 3.05) is 5.32 Å². The third kappa shape index (κ3) is 3.48. The molecule has 0 saturated carbocycles. The predicted molar refractivity (Wildman–Crippen MR) is 63.4 cm³/mol. The van der Waals surface area contributed by atoms with E-state index in [4.69, 9.17) is 9.84 Å². The molecule has 0 heterocycles. The van der Waals surface area contributed by atoms with E-state index in [2.05, 4.69) is 5.32 Å². The zero-order chi connectivity index (χ0) is 13.0. The zero-order valence-electron chi connectivity index (χ0n) is 9.98. The Kier molecular flexibility index (Phi) is 4.09. The number of nitrogens with one attached hydrogen (secondary N) is 1. The first-order valence-corrected chi connectivity index (χ1v) is 5.22. The molecule has 5 heteroatoms. The highest BCUT2D eigenvalue weighted by molar-refractivity contribution is 5.99. The standard InChI is InChI=1S/C12H15NO4/c1-7(2)17-12(16)13-10-8(3)5-4-6-9(10)11(14)15/h4-7H,1-3H3,(H,13,16)(H,14,15). The lowest BCUT2D eigenvalue weighted by Gasteiger charge is -2.13. The number of aromatic carboxylic acids is 1. The van der Waals surface area contributed by atoms with Crippen LogP contribution >= 0.6 is 0 Å². The van der Waals surface area contributed by atoms with E-state index >= 15 is 0 Å². The van der Waals surface area contributed by atoms with Gasteiger partial charge in [-0.2, -0.15) is 0 Å². The van der Waals surface area contributed by atoms with Crippen LogP contribution in [0, 0.1) is 6.92 Å². The Morgan fingerprint density at radius 3 is 2.53 bits per heavy atom. The van der Waals surface area contributed by atoms with Crippen LogP contribution < -0.4 is 5.32 Å². The summed E-state index contributed by atoms with van der Waals surface area (Å²) in [5.41, 5.74) is 0.988. The first-order chi connectivity index (χ1) is 7.91. The maximum atomic E-state index is 11.4. The molecule has 1 aromatic rings. The van der Waals surface area contributed by atoms with Crippen molar-refractivity contribution in [1.29, 1.82) is 0 Å². The van der Waals surface area contributed by atoms with E-state index in [9.17, 15) is 9.59 Å². The molecule has 0 aliphatic heterocycles. The van der Waals surface area contributed by atoms with Crippen molar-refractivity contribution in [1.82, 2.24) is 0 Å². The van der Waals surface area contributed by atoms with Crippen LogP contribution in [0.5, 0.6) is 0 Å². The zero-order valence-corrected chi connectivity index (χ0v) is 9.98. The van der Waals surface area contributed by atoms with Crippen molar-refractivity contribution in [3.8, 4) is 0 Å². The fraction of sp³-hybridized carbons (Fsp3) is 0.333. The highest BCUT2D eigenvalue weighted by Gasteiger charge is 2.15. The highest BCUT2D eigenvalue weighted by atomic mass is 16.6. The molecule has 1 aromatic carbocycles. The second kappa shape index (κ2) is 5.34. The van der Waals surface area contributed by atoms with E-state index in [1.165, 1.54) is 6.07 Å². The molecule has 0 bridgehead atoms. The Balaban J connectivity index is 2.97. The van der Waals surface area contributed by atoms with Crippen LogP contribution in [-0.4, -0.2) is 23.3 Å². The number of benzene rings is 1. The number of carboxylic acids is 1. The summed E-state index contributed by atoms with van der Waals surface area (Å²) in [7, 11) is 0. The fourth-order valence-corrected chi connectivity index (χ4v) is 1.36. The van der Waals surface area contributed by atoms with Gasteiger partial charge in [0.15, 0.2) is 0 Å². The van der Waals surface area contributed by atoms with Gasteiger partial charge in [-0.15, -0.1) is 0 Å². The maximum absolute atomic E-state index is 11.4. The SMILES string of the molecule is Cc1cccc(C(=O)O)c1NC(=O)OC(C)C. The molecule has 2 N–H and O–H groups in total. The number of hydrogen-bond donors (Lipinski definition) is 2. The van der Waals surface area contributed by atoms with E-state index in [1.54, 1.807) is 32.9 Å². The summed E-state index contributed by atoms with van der Waals surface area (Å²) in [6.07, 6.45) is -0.913. The number of carboxylic acid groups (broad SMARTS) is 1. The minimum absolute atomic E-state index is 0.0470. The summed E-state index contributed by atoms with van der Waals surface area (Å²) in [5, 5.41) is 11.4. The molecule has 92 valence electrons. The van der Waals surface area contributed by atoms with Gasteiger partial charge < -0.3 is 9.84 Å². The number of aryl methyl sites for hydroxylation is 1. The minimum Gasteiger partial charge on any atom is -0.478 e. The molecular weight excluding hydrogens is 222 g/mol. The fourth-order valence-electron chi connectivity index (χ4n) is 1.36. The molecule has 0 aromatic heterocycles. The van der Waals surface area contributed by atoms with Crippen molar-refractivity contribution in [2.45, 2.75) is 26.9 Å². The number of hydrogen-bond acceptors (Lipinski definition) is 3. The number of anilines is 1. The summed E-state index contributed by atoms with van der Waals surface area (Å²) in [4.78, 5) is 22.4. The number of para-hydroxylation sites is 1. The smallest absolute Gasteiger partial charge is 0.411 e. The Labute approximate surface area is 99.4 Å². The van der Waals surface area contributed by atoms with Gasteiger partial charge in [0.2, 0.25) is 0 Å². The highest BCUT2D eigenvalue weighted by Crippen LogP contribution is 2.20. The molecule has 5 nitrogen and oxygen atoms in total. The third-order valence-corrected chi connectivity index (χ3v) is 2.07. The average Bonchev–Trinajstić information content (AvgIpc) is 2.19. The normalized spacial score (nSPS) is 10.1. The van der Waals surface area contributed by atoms with Gasteiger partial charge in [-0.1, -0.05) is 12.1 Å². The molecule has 0 saturated heterocycles. The van der Waals surface area contributed by atoms with Crippen LogP contribution in [0.15, 0.2) is 18.2 Å². The largest absolute Gasteiger partial charge is 0.478 e. The molecular formula is C12H15NO4. The van der Waals surface area contributed by atoms with E-state index in [0.717, 1.165) is 0 Å². The van der Waals surface area contributed by atoms with Crippen LogP contribution in [0.3, 0.4) is 0 Å². The topological polar surface area (TPSA) is 75.6 Å². The molecule has 0 radical (unpaired) electrons. The van der Waals surface area contributed by atoms with Gasteiger partial charge >= 0.3 is 12.1 Å². The number of amides is 1.